The number of hydrogen-bond donors (Lipinski definition) is 4. The lowest BCUT2D eigenvalue weighted by Crippen LogP contribution is -2.54. The quantitative estimate of drug-likeness (QED) is 0.414. The minimum absolute atomic E-state index is 0.295. The molecule has 0 heterocycles. The van der Waals surface area contributed by atoms with E-state index in [0.717, 1.165) is 0 Å². The van der Waals surface area contributed by atoms with Crippen molar-refractivity contribution in [3.05, 3.63) is 0 Å². The monoisotopic (exact) mass is 162 g/mol. The van der Waals surface area contributed by atoms with Crippen molar-refractivity contribution in [2.45, 2.75) is 12.5 Å². The lowest BCUT2D eigenvalue weighted by molar-refractivity contribution is 0.109. The lowest BCUT2D eigenvalue weighted by atomic mass is 10.1. The molecule has 0 aliphatic heterocycles. The van der Waals surface area contributed by atoms with Gasteiger partial charge in [0.2, 0.25) is 0 Å². The first kappa shape index (κ1) is 10.2. The Morgan fingerprint density at radius 3 is 2.18 bits per heavy atom. The predicted molar refractivity (Wildman–Crippen MR) is 40.2 cm³/mol. The first-order valence-electron chi connectivity index (χ1n) is 3.29. The van der Waals surface area contributed by atoms with E-state index in [-0.39, 0.29) is 13.2 Å². The molecule has 5 heteroatoms. The molecular formula is C6H14N2O3. The van der Waals surface area contributed by atoms with Gasteiger partial charge in [0.1, 0.15) is 0 Å². The molecule has 0 unspecified atom stereocenters. The summed E-state index contributed by atoms with van der Waals surface area (Å²) in [5.41, 5.74) is -0.944. The maximum Gasteiger partial charge on any atom is 0.315 e. The van der Waals surface area contributed by atoms with Crippen molar-refractivity contribution in [3.8, 4) is 0 Å². The molecule has 0 saturated heterocycles. The van der Waals surface area contributed by atoms with Crippen molar-refractivity contribution in [1.29, 1.82) is 0 Å². The molecule has 2 amide bonds. The van der Waals surface area contributed by atoms with E-state index < -0.39 is 11.6 Å². The van der Waals surface area contributed by atoms with Crippen LogP contribution in [0.2, 0.25) is 0 Å². The van der Waals surface area contributed by atoms with Gasteiger partial charge < -0.3 is 20.8 Å². The van der Waals surface area contributed by atoms with Gasteiger partial charge in [-0.15, -0.1) is 0 Å². The molecule has 0 saturated carbocycles. The van der Waals surface area contributed by atoms with Gasteiger partial charge in [0, 0.05) is 7.05 Å². The molecule has 0 aromatic heterocycles. The Morgan fingerprint density at radius 2 is 1.91 bits per heavy atom. The van der Waals surface area contributed by atoms with Crippen LogP contribution in [0.3, 0.4) is 0 Å². The summed E-state index contributed by atoms with van der Waals surface area (Å²) in [5, 5.41) is 22.2. The van der Waals surface area contributed by atoms with E-state index in [1.54, 1.807) is 6.92 Å². The average Bonchev–Trinajstić information content (AvgIpc) is 2.04. The van der Waals surface area contributed by atoms with Crippen LogP contribution in [0.25, 0.3) is 0 Å². The van der Waals surface area contributed by atoms with Crippen molar-refractivity contribution >= 4 is 6.03 Å². The van der Waals surface area contributed by atoms with Crippen LogP contribution in [0.4, 0.5) is 4.79 Å². The van der Waals surface area contributed by atoms with Gasteiger partial charge in [-0.2, -0.15) is 0 Å². The number of hydrogen-bond acceptors (Lipinski definition) is 3. The zero-order valence-corrected chi connectivity index (χ0v) is 6.72. The Bertz CT molecular complexity index is 134. The van der Waals surface area contributed by atoms with Crippen LogP contribution >= 0.6 is 0 Å². The summed E-state index contributed by atoms with van der Waals surface area (Å²) in [6, 6.07) is -0.421. The molecule has 0 bridgehead atoms. The summed E-state index contributed by atoms with van der Waals surface area (Å²) in [7, 11) is 1.46. The van der Waals surface area contributed by atoms with E-state index in [9.17, 15) is 4.79 Å². The summed E-state index contributed by atoms with van der Waals surface area (Å²) in [6.45, 7) is 0.954. The standard InChI is InChI=1S/C6H14N2O3/c1-6(3-9,4-10)8-5(11)7-2/h9-10H,3-4H2,1-2H3,(H2,7,8,11). The Morgan fingerprint density at radius 1 is 1.45 bits per heavy atom. The largest absolute Gasteiger partial charge is 0.394 e. The average molecular weight is 162 g/mol. The van der Waals surface area contributed by atoms with Crippen molar-refractivity contribution < 1.29 is 15.0 Å². The molecule has 0 radical (unpaired) electrons. The second kappa shape index (κ2) is 4.15. The number of nitrogens with one attached hydrogen (secondary N) is 2. The van der Waals surface area contributed by atoms with Gasteiger partial charge in [-0.3, -0.25) is 0 Å². The predicted octanol–water partition coefficient (Wildman–Crippen LogP) is -1.34. The van der Waals surface area contributed by atoms with Crippen LogP contribution < -0.4 is 10.6 Å². The lowest BCUT2D eigenvalue weighted by Gasteiger charge is -2.25. The molecule has 0 fully saturated rings. The highest BCUT2D eigenvalue weighted by Crippen LogP contribution is 1.99. The molecule has 0 aliphatic carbocycles. The fourth-order valence-electron chi connectivity index (χ4n) is 0.466. The highest BCUT2D eigenvalue weighted by Gasteiger charge is 2.23. The molecule has 0 aliphatic rings. The molecule has 0 spiro atoms. The molecule has 4 N–H and O–H groups in total. The fraction of sp³-hybridized carbons (Fsp3) is 0.833. The maximum atomic E-state index is 10.7. The molecule has 66 valence electrons. The van der Waals surface area contributed by atoms with Gasteiger partial charge >= 0.3 is 6.03 Å². The number of rotatable bonds is 3. The van der Waals surface area contributed by atoms with E-state index in [0.29, 0.717) is 0 Å². The molecule has 0 atom stereocenters. The van der Waals surface area contributed by atoms with Crippen molar-refractivity contribution in [1.82, 2.24) is 10.6 Å². The molecular weight excluding hydrogens is 148 g/mol. The van der Waals surface area contributed by atoms with Crippen LogP contribution in [0.1, 0.15) is 6.92 Å². The number of carbonyl (C=O) groups is 1. The Balaban J connectivity index is 3.96. The SMILES string of the molecule is CNC(=O)NC(C)(CO)CO. The first-order chi connectivity index (χ1) is 5.08. The number of aliphatic hydroxyl groups is 2. The molecule has 0 rings (SSSR count). The number of carbonyl (C=O) groups excluding carboxylic acids is 1. The van der Waals surface area contributed by atoms with E-state index in [1.807, 2.05) is 0 Å². The molecule has 0 aromatic rings. The van der Waals surface area contributed by atoms with Crippen LogP contribution in [-0.4, -0.2) is 42.0 Å². The topological polar surface area (TPSA) is 81.6 Å². The highest BCUT2D eigenvalue weighted by molar-refractivity contribution is 5.74. The van der Waals surface area contributed by atoms with Crippen molar-refractivity contribution in [2.24, 2.45) is 0 Å². The minimum Gasteiger partial charge on any atom is -0.394 e. The van der Waals surface area contributed by atoms with E-state index >= 15 is 0 Å². The van der Waals surface area contributed by atoms with E-state index in [4.69, 9.17) is 10.2 Å². The number of aliphatic hydroxyl groups excluding tert-OH is 2. The third-order valence-electron chi connectivity index (χ3n) is 1.34. The number of amides is 2. The van der Waals surface area contributed by atoms with E-state index in [1.165, 1.54) is 7.05 Å². The van der Waals surface area contributed by atoms with E-state index in [2.05, 4.69) is 10.6 Å². The zero-order chi connectivity index (χ0) is 8.91. The second-order valence-corrected chi connectivity index (χ2v) is 2.58. The fourth-order valence-corrected chi connectivity index (χ4v) is 0.466. The summed E-state index contributed by atoms with van der Waals surface area (Å²) < 4.78 is 0. The van der Waals surface area contributed by atoms with Crippen LogP contribution in [0.15, 0.2) is 0 Å². The van der Waals surface area contributed by atoms with Gasteiger partial charge in [0.25, 0.3) is 0 Å². The Labute approximate surface area is 65.4 Å². The second-order valence-electron chi connectivity index (χ2n) is 2.58. The molecule has 11 heavy (non-hydrogen) atoms. The minimum atomic E-state index is -0.944. The smallest absolute Gasteiger partial charge is 0.315 e. The first-order valence-corrected chi connectivity index (χ1v) is 3.29. The van der Waals surface area contributed by atoms with Crippen LogP contribution in [0, 0.1) is 0 Å². The van der Waals surface area contributed by atoms with Crippen LogP contribution in [0.5, 0.6) is 0 Å². The van der Waals surface area contributed by atoms with Gasteiger partial charge in [-0.25, -0.2) is 4.79 Å². The molecule has 5 nitrogen and oxygen atoms in total. The van der Waals surface area contributed by atoms with Crippen molar-refractivity contribution in [2.75, 3.05) is 20.3 Å². The summed E-state index contributed by atoms with van der Waals surface area (Å²) >= 11 is 0. The normalized spacial score (nSPS) is 10.9. The Kier molecular flexibility index (Phi) is 3.84. The third kappa shape index (κ3) is 3.20. The third-order valence-corrected chi connectivity index (χ3v) is 1.34. The van der Waals surface area contributed by atoms with Gasteiger partial charge in [-0.1, -0.05) is 0 Å². The number of urea groups is 1. The highest BCUT2D eigenvalue weighted by atomic mass is 16.3. The molecule has 0 aromatic carbocycles. The summed E-state index contributed by atoms with van der Waals surface area (Å²) in [5.74, 6) is 0. The summed E-state index contributed by atoms with van der Waals surface area (Å²) in [6.07, 6.45) is 0. The van der Waals surface area contributed by atoms with Gasteiger partial charge in [0.15, 0.2) is 0 Å². The zero-order valence-electron chi connectivity index (χ0n) is 6.72. The van der Waals surface area contributed by atoms with Gasteiger partial charge in [0.05, 0.1) is 18.8 Å². The maximum absolute atomic E-state index is 10.7. The van der Waals surface area contributed by atoms with Gasteiger partial charge in [-0.05, 0) is 6.92 Å². The van der Waals surface area contributed by atoms with Crippen molar-refractivity contribution in [3.63, 3.8) is 0 Å². The Hall–Kier alpha value is -0.810. The van der Waals surface area contributed by atoms with Crippen LogP contribution in [-0.2, 0) is 0 Å². The summed E-state index contributed by atoms with van der Waals surface area (Å²) in [4.78, 5) is 10.7.